The maximum Gasteiger partial charge on any atom is 0.332 e. The molecule has 29 heavy (non-hydrogen) atoms. The van der Waals surface area contributed by atoms with Crippen molar-refractivity contribution in [3.05, 3.63) is 56.4 Å². The van der Waals surface area contributed by atoms with Gasteiger partial charge in [0.25, 0.3) is 5.56 Å². The van der Waals surface area contributed by atoms with Gasteiger partial charge in [-0.05, 0) is 12.1 Å². The van der Waals surface area contributed by atoms with Gasteiger partial charge in [0.05, 0.1) is 19.8 Å². The maximum absolute atomic E-state index is 12.4. The van der Waals surface area contributed by atoms with E-state index in [0.717, 1.165) is 9.13 Å². The van der Waals surface area contributed by atoms with Crippen LogP contribution in [0.25, 0.3) is 11.0 Å². The molecule has 0 aliphatic carbocycles. The Kier molecular flexibility index (Phi) is 5.26. The zero-order chi connectivity index (χ0) is 21.3. The number of methoxy groups -OCH3 is 1. The molecular weight excluding hydrogens is 382 g/mol. The van der Waals surface area contributed by atoms with Gasteiger partial charge in [-0.25, -0.2) is 4.79 Å². The van der Waals surface area contributed by atoms with E-state index in [1.807, 2.05) is 0 Å². The van der Waals surface area contributed by atoms with Gasteiger partial charge in [0, 0.05) is 31.1 Å². The van der Waals surface area contributed by atoms with Gasteiger partial charge in [-0.15, -0.1) is 0 Å². The van der Waals surface area contributed by atoms with Gasteiger partial charge in [-0.2, -0.15) is 0 Å². The molecule has 152 valence electrons. The Hall–Kier alpha value is -3.82. The summed E-state index contributed by atoms with van der Waals surface area (Å²) in [6.45, 7) is -0.680. The number of ketones is 1. The number of fused-ring (bicyclic) bond motifs is 1. The molecule has 2 aromatic heterocycles. The van der Waals surface area contributed by atoms with Crippen LogP contribution in [0.3, 0.4) is 0 Å². The second-order valence-electron chi connectivity index (χ2n) is 6.35. The van der Waals surface area contributed by atoms with Gasteiger partial charge in [0.15, 0.2) is 6.61 Å². The monoisotopic (exact) mass is 401 g/mol. The molecule has 0 aliphatic heterocycles. The molecule has 0 aliphatic rings. The Morgan fingerprint density at radius 3 is 2.59 bits per heavy atom. The van der Waals surface area contributed by atoms with Gasteiger partial charge < -0.3 is 19.6 Å². The molecule has 3 rings (SSSR count). The molecule has 0 amide bonds. The molecular formula is C19H19N3O7. The van der Waals surface area contributed by atoms with Crippen LogP contribution in [-0.2, 0) is 30.0 Å². The summed E-state index contributed by atoms with van der Waals surface area (Å²) >= 11 is 0. The van der Waals surface area contributed by atoms with Crippen LogP contribution in [-0.4, -0.2) is 34.6 Å². The highest BCUT2D eigenvalue weighted by Gasteiger charge is 2.22. The Labute approximate surface area is 164 Å². The fourth-order valence-electron chi connectivity index (χ4n) is 2.87. The van der Waals surface area contributed by atoms with Crippen LogP contribution in [0.5, 0.6) is 5.75 Å². The minimum absolute atomic E-state index is 0.132. The molecule has 0 saturated carbocycles. The number of carbonyl (C=O) groups is 2. The molecule has 0 saturated heterocycles. The fraction of sp³-hybridized carbons (Fsp3) is 0.263. The van der Waals surface area contributed by atoms with Crippen LogP contribution in [0.2, 0.25) is 0 Å². The van der Waals surface area contributed by atoms with Gasteiger partial charge in [-0.3, -0.25) is 23.5 Å². The van der Waals surface area contributed by atoms with Crippen molar-refractivity contribution in [2.45, 2.75) is 6.42 Å². The molecule has 10 nitrogen and oxygen atoms in total. The van der Waals surface area contributed by atoms with E-state index in [4.69, 9.17) is 19.6 Å². The molecule has 0 spiro atoms. The summed E-state index contributed by atoms with van der Waals surface area (Å²) in [5.41, 5.74) is 4.94. The lowest BCUT2D eigenvalue weighted by Gasteiger charge is -2.10. The van der Waals surface area contributed by atoms with Crippen molar-refractivity contribution in [1.29, 1.82) is 0 Å². The number of aromatic nitrogens is 2. The summed E-state index contributed by atoms with van der Waals surface area (Å²) in [7, 11) is 4.09. The highest BCUT2D eigenvalue weighted by Crippen LogP contribution is 2.26. The van der Waals surface area contributed by atoms with Crippen molar-refractivity contribution < 1.29 is 23.5 Å². The summed E-state index contributed by atoms with van der Waals surface area (Å²) in [5, 5.41) is 0.713. The Morgan fingerprint density at radius 2 is 1.90 bits per heavy atom. The van der Waals surface area contributed by atoms with Gasteiger partial charge in [0.1, 0.15) is 22.7 Å². The summed E-state index contributed by atoms with van der Waals surface area (Å²) in [4.78, 5) is 48.5. The Morgan fingerprint density at radius 1 is 1.17 bits per heavy atom. The lowest BCUT2D eigenvalue weighted by atomic mass is 10.1. The number of ether oxygens (including phenoxy) is 2. The zero-order valence-corrected chi connectivity index (χ0v) is 16.1. The summed E-state index contributed by atoms with van der Waals surface area (Å²) < 4.78 is 17.3. The minimum Gasteiger partial charge on any atom is -0.497 e. The van der Waals surface area contributed by atoms with Crippen molar-refractivity contribution in [2.75, 3.05) is 19.5 Å². The van der Waals surface area contributed by atoms with E-state index in [1.165, 1.54) is 27.5 Å². The highest BCUT2D eigenvalue weighted by molar-refractivity contribution is 6.01. The third kappa shape index (κ3) is 3.64. The smallest absolute Gasteiger partial charge is 0.332 e. The lowest BCUT2D eigenvalue weighted by molar-refractivity contribution is -0.141. The number of furan rings is 1. The number of hydrogen-bond donors (Lipinski definition) is 1. The first kappa shape index (κ1) is 19.9. The second kappa shape index (κ2) is 7.66. The van der Waals surface area contributed by atoms with Crippen molar-refractivity contribution in [1.82, 2.24) is 9.13 Å². The van der Waals surface area contributed by atoms with Crippen LogP contribution in [0.15, 0.2) is 38.5 Å². The van der Waals surface area contributed by atoms with Gasteiger partial charge in [-0.1, -0.05) is 0 Å². The van der Waals surface area contributed by atoms with E-state index in [0.29, 0.717) is 22.3 Å². The van der Waals surface area contributed by atoms with Crippen LogP contribution >= 0.6 is 0 Å². The number of benzene rings is 1. The van der Waals surface area contributed by atoms with Crippen molar-refractivity contribution in [3.63, 3.8) is 0 Å². The van der Waals surface area contributed by atoms with Crippen LogP contribution in [0, 0.1) is 0 Å². The van der Waals surface area contributed by atoms with E-state index in [-0.39, 0.29) is 12.2 Å². The Bertz CT molecular complexity index is 1230. The van der Waals surface area contributed by atoms with Gasteiger partial charge >= 0.3 is 11.7 Å². The lowest BCUT2D eigenvalue weighted by Crippen LogP contribution is -2.42. The number of nitrogen functional groups attached to an aromatic ring is 1. The van der Waals surface area contributed by atoms with Crippen LogP contribution < -0.4 is 21.7 Å². The third-order valence-electron chi connectivity index (χ3n) is 4.55. The summed E-state index contributed by atoms with van der Waals surface area (Å²) in [5.74, 6) is -1.15. The minimum atomic E-state index is -0.846. The average molecular weight is 401 g/mol. The first-order chi connectivity index (χ1) is 13.7. The molecule has 3 aromatic rings. The molecule has 0 atom stereocenters. The number of rotatable bonds is 6. The molecule has 2 N–H and O–H groups in total. The second-order valence-corrected chi connectivity index (χ2v) is 6.35. The molecule has 0 unspecified atom stereocenters. The standard InChI is InChI=1S/C19H19N3O7/c1-21-17(20)16(18(25)22(2)19(21)26)13(23)9-29-15(24)6-10-8-28-14-7-11(27-3)4-5-12(10)14/h4-5,7-8H,6,9,20H2,1-3H3. The predicted molar refractivity (Wildman–Crippen MR) is 103 cm³/mol. The first-order valence-corrected chi connectivity index (χ1v) is 8.53. The number of anilines is 1. The number of Topliss-reactive ketones (excluding diaryl/α,β-unsaturated/α-hetero) is 1. The average Bonchev–Trinajstić information content (AvgIpc) is 3.11. The van der Waals surface area contributed by atoms with E-state index < -0.39 is 35.2 Å². The molecule has 0 fully saturated rings. The van der Waals surface area contributed by atoms with Gasteiger partial charge in [0.2, 0.25) is 5.78 Å². The largest absolute Gasteiger partial charge is 0.497 e. The Balaban J connectivity index is 1.73. The summed E-state index contributed by atoms with van der Waals surface area (Å²) in [6, 6.07) is 5.17. The fourth-order valence-corrected chi connectivity index (χ4v) is 2.87. The van der Waals surface area contributed by atoms with E-state index in [1.54, 1.807) is 18.2 Å². The quantitative estimate of drug-likeness (QED) is 0.463. The molecule has 2 heterocycles. The molecule has 10 heteroatoms. The van der Waals surface area contributed by atoms with E-state index in [2.05, 4.69) is 0 Å². The van der Waals surface area contributed by atoms with Crippen LogP contribution in [0.1, 0.15) is 15.9 Å². The molecule has 0 bridgehead atoms. The highest BCUT2D eigenvalue weighted by atomic mass is 16.5. The number of esters is 1. The first-order valence-electron chi connectivity index (χ1n) is 8.53. The molecule has 1 aromatic carbocycles. The SMILES string of the molecule is COc1ccc2c(CC(=O)OCC(=O)c3c(N)n(C)c(=O)n(C)c3=O)coc2c1. The van der Waals surface area contributed by atoms with E-state index >= 15 is 0 Å². The number of nitrogens with two attached hydrogens (primary N) is 1. The number of carbonyl (C=O) groups excluding carboxylic acids is 2. The van der Waals surface area contributed by atoms with Crippen molar-refractivity contribution in [2.24, 2.45) is 14.1 Å². The number of hydrogen-bond acceptors (Lipinski definition) is 8. The molecule has 0 radical (unpaired) electrons. The van der Waals surface area contributed by atoms with Crippen molar-refractivity contribution >= 4 is 28.5 Å². The zero-order valence-electron chi connectivity index (χ0n) is 16.1. The normalized spacial score (nSPS) is 10.9. The number of nitrogens with zero attached hydrogens (tertiary/aromatic N) is 2. The maximum atomic E-state index is 12.4. The topological polar surface area (TPSA) is 136 Å². The third-order valence-corrected chi connectivity index (χ3v) is 4.55. The predicted octanol–water partition coefficient (Wildman–Crippen LogP) is 0.390. The van der Waals surface area contributed by atoms with Crippen molar-refractivity contribution in [3.8, 4) is 5.75 Å². The van der Waals surface area contributed by atoms with Crippen LogP contribution in [0.4, 0.5) is 5.82 Å². The summed E-state index contributed by atoms with van der Waals surface area (Å²) in [6.07, 6.45) is 1.29. The van der Waals surface area contributed by atoms with E-state index in [9.17, 15) is 19.2 Å².